The Morgan fingerprint density at radius 3 is 1.72 bits per heavy atom. The summed E-state index contributed by atoms with van der Waals surface area (Å²) in [6, 6.07) is 0. The van der Waals surface area contributed by atoms with Crippen molar-refractivity contribution in [3.8, 4) is 0 Å². The third-order valence-electron chi connectivity index (χ3n) is 3.10. The van der Waals surface area contributed by atoms with Crippen LogP contribution in [0.5, 0.6) is 0 Å². The van der Waals surface area contributed by atoms with Gasteiger partial charge in [0.15, 0.2) is 0 Å². The first-order valence-electron chi connectivity index (χ1n) is 7.86. The maximum absolute atomic E-state index is 11.3. The Kier molecular flexibility index (Phi) is 12.9. The van der Waals surface area contributed by atoms with Crippen molar-refractivity contribution in [3.05, 3.63) is 0 Å². The Morgan fingerprint density at radius 1 is 0.833 bits per heavy atom. The van der Waals surface area contributed by atoms with Crippen LogP contribution in [0.25, 0.3) is 0 Å². The fourth-order valence-corrected chi connectivity index (χ4v) is 2.72. The summed E-state index contributed by atoms with van der Waals surface area (Å²) in [5.74, 6) is 0.0243. The molecular weight excluding hydrogens is 240 g/mol. The van der Waals surface area contributed by atoms with Crippen LogP contribution < -0.4 is 0 Å². The van der Waals surface area contributed by atoms with Gasteiger partial charge in [0.25, 0.3) is 5.97 Å². The monoisotopic (exact) mass is 272 g/mol. The minimum atomic E-state index is -1.16. The Morgan fingerprint density at radius 2 is 1.28 bits per heavy atom. The molecule has 0 saturated carbocycles. The van der Waals surface area contributed by atoms with Gasteiger partial charge in [-0.3, -0.25) is 4.79 Å². The number of unbranched alkanes of at least 4 members (excludes halogenated alkanes) is 9. The van der Waals surface area contributed by atoms with Crippen molar-refractivity contribution < 1.29 is 9.22 Å². The zero-order chi connectivity index (χ0) is 13.6. The van der Waals surface area contributed by atoms with Crippen molar-refractivity contribution in [2.24, 2.45) is 0 Å². The van der Waals surface area contributed by atoms with E-state index in [-0.39, 0.29) is 5.97 Å². The second kappa shape index (κ2) is 13.1. The molecule has 0 aromatic rings. The van der Waals surface area contributed by atoms with Gasteiger partial charge in [0.05, 0.1) is 0 Å². The molecule has 0 bridgehead atoms. The molecule has 2 nitrogen and oxygen atoms in total. The zero-order valence-electron chi connectivity index (χ0n) is 12.7. The van der Waals surface area contributed by atoms with E-state index in [2.05, 4.69) is 6.92 Å². The number of hydrogen-bond acceptors (Lipinski definition) is 2. The molecule has 108 valence electrons. The van der Waals surface area contributed by atoms with Crippen molar-refractivity contribution in [3.63, 3.8) is 0 Å². The molecule has 0 atom stereocenters. The number of hydrogen-bond donors (Lipinski definition) is 0. The first-order chi connectivity index (χ1) is 8.66. The maximum atomic E-state index is 11.3. The smallest absolute Gasteiger partial charge is 0.292 e. The highest BCUT2D eigenvalue weighted by Gasteiger charge is 2.05. The van der Waals surface area contributed by atoms with Gasteiger partial charge in [0.2, 0.25) is 9.04 Å². The highest BCUT2D eigenvalue weighted by Crippen LogP contribution is 2.11. The molecule has 0 aliphatic heterocycles. The van der Waals surface area contributed by atoms with E-state index in [4.69, 9.17) is 4.43 Å². The van der Waals surface area contributed by atoms with Gasteiger partial charge in [-0.1, -0.05) is 64.7 Å². The number of rotatable bonds is 12. The maximum Gasteiger partial charge on any atom is 0.292 e. The molecule has 0 aromatic heterocycles. The van der Waals surface area contributed by atoms with Gasteiger partial charge in [0.1, 0.15) is 0 Å². The van der Waals surface area contributed by atoms with Crippen LogP contribution >= 0.6 is 0 Å². The molecule has 0 aliphatic rings. The van der Waals surface area contributed by atoms with Crippen LogP contribution in [0.2, 0.25) is 13.1 Å². The summed E-state index contributed by atoms with van der Waals surface area (Å²) in [7, 11) is -1.16. The van der Waals surface area contributed by atoms with Gasteiger partial charge in [-0.2, -0.15) is 0 Å². The van der Waals surface area contributed by atoms with Gasteiger partial charge in [-0.25, -0.2) is 0 Å². The van der Waals surface area contributed by atoms with Crippen molar-refractivity contribution in [2.45, 2.75) is 90.6 Å². The Balaban J connectivity index is 3.09. The van der Waals surface area contributed by atoms with Crippen molar-refractivity contribution in [1.29, 1.82) is 0 Å². The highest BCUT2D eigenvalue weighted by molar-refractivity contribution is 6.50. The van der Waals surface area contributed by atoms with E-state index < -0.39 is 9.04 Å². The predicted octanol–water partition coefficient (Wildman–Crippen LogP) is 4.82. The predicted molar refractivity (Wildman–Crippen MR) is 81.4 cm³/mol. The molecule has 0 rings (SSSR count). The summed E-state index contributed by atoms with van der Waals surface area (Å²) in [5, 5.41) is 0. The summed E-state index contributed by atoms with van der Waals surface area (Å²) < 4.78 is 5.23. The molecule has 0 N–H and O–H groups in total. The summed E-state index contributed by atoms with van der Waals surface area (Å²) in [4.78, 5) is 11.3. The third-order valence-corrected chi connectivity index (χ3v) is 3.84. The fraction of sp³-hybridized carbons (Fsp3) is 0.933. The SMILES string of the molecule is CCCCCCCCCCCCC(=O)O[SiH](C)C. The lowest BCUT2D eigenvalue weighted by Gasteiger charge is -2.07. The lowest BCUT2D eigenvalue weighted by atomic mass is 10.1. The van der Waals surface area contributed by atoms with Crippen LogP contribution in [0.3, 0.4) is 0 Å². The van der Waals surface area contributed by atoms with Gasteiger partial charge in [-0.15, -0.1) is 0 Å². The summed E-state index contributed by atoms with van der Waals surface area (Å²) >= 11 is 0. The van der Waals surface area contributed by atoms with Gasteiger partial charge < -0.3 is 4.43 Å². The molecule has 0 amide bonds. The molecule has 18 heavy (non-hydrogen) atoms. The molecular formula is C15H32O2Si. The van der Waals surface area contributed by atoms with Crippen molar-refractivity contribution in [1.82, 2.24) is 0 Å². The van der Waals surface area contributed by atoms with E-state index in [9.17, 15) is 4.79 Å². The van der Waals surface area contributed by atoms with Crippen molar-refractivity contribution in [2.75, 3.05) is 0 Å². The van der Waals surface area contributed by atoms with E-state index in [0.717, 1.165) is 6.42 Å². The van der Waals surface area contributed by atoms with Crippen LogP contribution in [0.4, 0.5) is 0 Å². The lowest BCUT2D eigenvalue weighted by molar-refractivity contribution is -0.134. The minimum Gasteiger partial charge on any atom is -0.523 e. The van der Waals surface area contributed by atoms with E-state index in [1.165, 1.54) is 57.8 Å². The lowest BCUT2D eigenvalue weighted by Crippen LogP contribution is -2.14. The van der Waals surface area contributed by atoms with E-state index in [1.54, 1.807) is 0 Å². The molecule has 0 saturated heterocycles. The molecule has 0 fully saturated rings. The van der Waals surface area contributed by atoms with E-state index >= 15 is 0 Å². The summed E-state index contributed by atoms with van der Waals surface area (Å²) in [6.07, 6.45) is 13.7. The van der Waals surface area contributed by atoms with Gasteiger partial charge in [-0.05, 0) is 19.5 Å². The average molecular weight is 273 g/mol. The second-order valence-corrected chi connectivity index (χ2v) is 7.80. The summed E-state index contributed by atoms with van der Waals surface area (Å²) in [5.41, 5.74) is 0. The largest absolute Gasteiger partial charge is 0.523 e. The van der Waals surface area contributed by atoms with Crippen LogP contribution in [-0.2, 0) is 9.22 Å². The highest BCUT2D eigenvalue weighted by atomic mass is 28.3. The minimum absolute atomic E-state index is 0.0243. The first kappa shape index (κ1) is 17.7. The quantitative estimate of drug-likeness (QED) is 0.376. The second-order valence-electron chi connectivity index (χ2n) is 5.47. The molecule has 0 spiro atoms. The summed E-state index contributed by atoms with van der Waals surface area (Å²) in [6.45, 7) is 6.33. The van der Waals surface area contributed by atoms with Crippen LogP contribution in [0, 0.1) is 0 Å². The Labute approximate surface area is 115 Å². The Bertz CT molecular complexity index is 193. The topological polar surface area (TPSA) is 26.3 Å². The zero-order valence-corrected chi connectivity index (χ0v) is 13.8. The molecule has 0 heterocycles. The van der Waals surface area contributed by atoms with Gasteiger partial charge in [0, 0.05) is 6.42 Å². The molecule has 0 unspecified atom stereocenters. The normalized spacial score (nSPS) is 10.9. The fourth-order valence-electron chi connectivity index (χ4n) is 2.08. The third kappa shape index (κ3) is 13.8. The van der Waals surface area contributed by atoms with Crippen LogP contribution in [0.1, 0.15) is 77.6 Å². The first-order valence-corrected chi connectivity index (χ1v) is 10.6. The van der Waals surface area contributed by atoms with E-state index in [0.29, 0.717) is 6.42 Å². The van der Waals surface area contributed by atoms with Crippen molar-refractivity contribution >= 4 is 15.0 Å². The molecule has 0 aliphatic carbocycles. The van der Waals surface area contributed by atoms with E-state index in [1.807, 2.05) is 13.1 Å². The molecule has 0 radical (unpaired) electrons. The number of carbonyl (C=O) groups excluding carboxylic acids is 1. The molecule has 0 aromatic carbocycles. The molecule has 3 heteroatoms. The van der Waals surface area contributed by atoms with Crippen LogP contribution in [0.15, 0.2) is 0 Å². The van der Waals surface area contributed by atoms with Gasteiger partial charge >= 0.3 is 0 Å². The van der Waals surface area contributed by atoms with Crippen LogP contribution in [-0.4, -0.2) is 15.0 Å². The Hall–Kier alpha value is -0.313. The number of carbonyl (C=O) groups is 1. The average Bonchev–Trinajstić information content (AvgIpc) is 2.30. The standard InChI is InChI=1S/C15H32O2Si/c1-4-5-6-7-8-9-10-11-12-13-14-15(16)17-18(2)3/h18H,4-14H2,1-3H3.